The van der Waals surface area contributed by atoms with Gasteiger partial charge in [0.25, 0.3) is 0 Å². The van der Waals surface area contributed by atoms with Gasteiger partial charge in [0.2, 0.25) is 0 Å². The lowest BCUT2D eigenvalue weighted by molar-refractivity contribution is 0.140. The third-order valence-electron chi connectivity index (χ3n) is 2.18. The van der Waals surface area contributed by atoms with Crippen LogP contribution in [0.1, 0.15) is 5.56 Å². The standard InChI is InChI=1S/C10H13NO3Si/c1-12-15(13-2,14-3)10-7-5-4-6-9(10)8-11/h4-7H,1-3H3. The van der Waals surface area contributed by atoms with Gasteiger partial charge < -0.3 is 13.3 Å². The number of hydrogen-bond donors (Lipinski definition) is 0. The van der Waals surface area contributed by atoms with Crippen molar-refractivity contribution in [3.8, 4) is 6.07 Å². The minimum atomic E-state index is -2.88. The van der Waals surface area contributed by atoms with Crippen LogP contribution in [0.3, 0.4) is 0 Å². The monoisotopic (exact) mass is 223 g/mol. The van der Waals surface area contributed by atoms with E-state index in [9.17, 15) is 0 Å². The van der Waals surface area contributed by atoms with Crippen molar-refractivity contribution in [3.63, 3.8) is 0 Å². The van der Waals surface area contributed by atoms with Crippen molar-refractivity contribution >= 4 is 14.0 Å². The van der Waals surface area contributed by atoms with Gasteiger partial charge in [0.05, 0.1) is 11.6 Å². The second-order valence-corrected chi connectivity index (χ2v) is 5.70. The highest BCUT2D eigenvalue weighted by Gasteiger charge is 2.42. The molecule has 0 aromatic heterocycles. The number of hydrogen-bond acceptors (Lipinski definition) is 4. The number of benzene rings is 1. The zero-order valence-electron chi connectivity index (χ0n) is 8.98. The van der Waals surface area contributed by atoms with Crippen LogP contribution in [-0.2, 0) is 13.3 Å². The first kappa shape index (κ1) is 11.9. The normalized spacial score (nSPS) is 11.1. The Morgan fingerprint density at radius 3 is 2.07 bits per heavy atom. The molecule has 15 heavy (non-hydrogen) atoms. The van der Waals surface area contributed by atoms with Crippen LogP contribution >= 0.6 is 0 Å². The van der Waals surface area contributed by atoms with E-state index in [0.717, 1.165) is 0 Å². The molecule has 0 radical (unpaired) electrons. The third kappa shape index (κ3) is 2.08. The van der Waals surface area contributed by atoms with E-state index in [-0.39, 0.29) is 0 Å². The van der Waals surface area contributed by atoms with Gasteiger partial charge >= 0.3 is 8.80 Å². The molecule has 0 atom stereocenters. The van der Waals surface area contributed by atoms with Crippen LogP contribution in [0.4, 0.5) is 0 Å². The lowest BCUT2D eigenvalue weighted by Gasteiger charge is -2.25. The fourth-order valence-corrected chi connectivity index (χ4v) is 3.36. The largest absolute Gasteiger partial charge is 0.537 e. The van der Waals surface area contributed by atoms with Gasteiger partial charge in [0.15, 0.2) is 0 Å². The summed E-state index contributed by atoms with van der Waals surface area (Å²) in [6.45, 7) is 0. The van der Waals surface area contributed by atoms with Crippen molar-refractivity contribution in [1.29, 1.82) is 5.26 Å². The summed E-state index contributed by atoms with van der Waals surface area (Å²) in [4.78, 5) is 0. The molecule has 0 N–H and O–H groups in total. The van der Waals surface area contributed by atoms with E-state index in [0.29, 0.717) is 10.8 Å². The van der Waals surface area contributed by atoms with Crippen LogP contribution in [-0.4, -0.2) is 30.1 Å². The molecule has 80 valence electrons. The lowest BCUT2D eigenvalue weighted by atomic mass is 10.2. The molecule has 1 rings (SSSR count). The van der Waals surface area contributed by atoms with Crippen LogP contribution < -0.4 is 5.19 Å². The first-order valence-electron chi connectivity index (χ1n) is 4.39. The molecule has 0 saturated carbocycles. The Hall–Kier alpha value is -1.19. The molecular weight excluding hydrogens is 210 g/mol. The average molecular weight is 223 g/mol. The summed E-state index contributed by atoms with van der Waals surface area (Å²) in [6, 6.07) is 9.23. The van der Waals surface area contributed by atoms with Crippen molar-refractivity contribution < 1.29 is 13.3 Å². The predicted molar refractivity (Wildman–Crippen MR) is 57.6 cm³/mol. The summed E-state index contributed by atoms with van der Waals surface area (Å²) in [5.74, 6) is 0. The van der Waals surface area contributed by atoms with Crippen molar-refractivity contribution in [2.75, 3.05) is 21.3 Å². The summed E-state index contributed by atoms with van der Waals surface area (Å²) in [6.07, 6.45) is 0. The molecule has 1 aromatic rings. The Kier molecular flexibility index (Phi) is 4.00. The van der Waals surface area contributed by atoms with E-state index in [1.54, 1.807) is 18.2 Å². The first-order valence-corrected chi connectivity index (χ1v) is 6.11. The lowest BCUT2D eigenvalue weighted by Crippen LogP contribution is -2.55. The highest BCUT2D eigenvalue weighted by molar-refractivity contribution is 6.75. The Labute approximate surface area is 90.4 Å². The summed E-state index contributed by atoms with van der Waals surface area (Å²) < 4.78 is 15.9. The maximum Gasteiger partial charge on any atom is 0.537 e. The van der Waals surface area contributed by atoms with E-state index < -0.39 is 8.80 Å². The predicted octanol–water partition coefficient (Wildman–Crippen LogP) is 0.643. The van der Waals surface area contributed by atoms with Crippen LogP contribution in [0.2, 0.25) is 0 Å². The van der Waals surface area contributed by atoms with Gasteiger partial charge in [0.1, 0.15) is 0 Å². The van der Waals surface area contributed by atoms with Crippen LogP contribution in [0.25, 0.3) is 0 Å². The number of rotatable bonds is 4. The van der Waals surface area contributed by atoms with Gasteiger partial charge in [-0.25, -0.2) is 0 Å². The second kappa shape index (κ2) is 5.05. The first-order chi connectivity index (χ1) is 7.24. The number of nitriles is 1. The quantitative estimate of drug-likeness (QED) is 0.703. The highest BCUT2D eigenvalue weighted by atomic mass is 28.4. The summed E-state index contributed by atoms with van der Waals surface area (Å²) in [5, 5.41) is 9.67. The molecule has 0 heterocycles. The Morgan fingerprint density at radius 2 is 1.60 bits per heavy atom. The molecule has 0 fully saturated rings. The van der Waals surface area contributed by atoms with Gasteiger partial charge in [-0.1, -0.05) is 18.2 Å². The number of nitrogens with zero attached hydrogens (tertiary/aromatic N) is 1. The SMILES string of the molecule is CO[Si](OC)(OC)c1ccccc1C#N. The maximum absolute atomic E-state index is 8.97. The molecule has 1 aromatic carbocycles. The molecule has 0 aliphatic heterocycles. The maximum atomic E-state index is 8.97. The molecule has 0 bridgehead atoms. The van der Waals surface area contributed by atoms with E-state index in [1.165, 1.54) is 21.3 Å². The second-order valence-electron chi connectivity index (χ2n) is 2.83. The molecule has 5 heteroatoms. The van der Waals surface area contributed by atoms with Gasteiger partial charge in [0, 0.05) is 26.5 Å². The van der Waals surface area contributed by atoms with Crippen LogP contribution in [0.5, 0.6) is 0 Å². The molecule has 0 aliphatic rings. The van der Waals surface area contributed by atoms with Crippen molar-refractivity contribution in [2.24, 2.45) is 0 Å². The van der Waals surface area contributed by atoms with Gasteiger partial charge in [-0.2, -0.15) is 5.26 Å². The molecule has 4 nitrogen and oxygen atoms in total. The van der Waals surface area contributed by atoms with E-state index in [1.807, 2.05) is 6.07 Å². The average Bonchev–Trinajstić information content (AvgIpc) is 2.33. The smallest absolute Gasteiger partial charge is 0.373 e. The molecule has 0 unspecified atom stereocenters. The van der Waals surface area contributed by atoms with Gasteiger partial charge in [-0.3, -0.25) is 0 Å². The van der Waals surface area contributed by atoms with E-state index in [2.05, 4.69) is 6.07 Å². The topological polar surface area (TPSA) is 51.5 Å². The summed E-state index contributed by atoms with van der Waals surface area (Å²) in [7, 11) is 1.68. The molecule has 0 aliphatic carbocycles. The zero-order valence-corrected chi connectivity index (χ0v) is 9.98. The fraction of sp³-hybridized carbons (Fsp3) is 0.300. The molecular formula is C10H13NO3Si. The Bertz CT molecular complexity index is 363. The van der Waals surface area contributed by atoms with Crippen LogP contribution in [0.15, 0.2) is 24.3 Å². The zero-order chi connectivity index (χ0) is 11.3. The van der Waals surface area contributed by atoms with Crippen molar-refractivity contribution in [1.82, 2.24) is 0 Å². The fourth-order valence-electron chi connectivity index (χ4n) is 1.43. The van der Waals surface area contributed by atoms with Gasteiger partial charge in [-0.05, 0) is 6.07 Å². The van der Waals surface area contributed by atoms with Crippen molar-refractivity contribution in [3.05, 3.63) is 29.8 Å². The Balaban J connectivity index is 3.29. The minimum absolute atomic E-state index is 0.523. The highest BCUT2D eigenvalue weighted by Crippen LogP contribution is 2.09. The third-order valence-corrected chi connectivity index (χ3v) is 4.89. The molecule has 0 spiro atoms. The summed E-state index contributed by atoms with van der Waals surface area (Å²) >= 11 is 0. The van der Waals surface area contributed by atoms with Crippen LogP contribution in [0, 0.1) is 11.3 Å². The van der Waals surface area contributed by atoms with Crippen molar-refractivity contribution in [2.45, 2.75) is 0 Å². The van der Waals surface area contributed by atoms with E-state index >= 15 is 0 Å². The summed E-state index contributed by atoms with van der Waals surface area (Å²) in [5.41, 5.74) is 0.523. The van der Waals surface area contributed by atoms with Gasteiger partial charge in [-0.15, -0.1) is 0 Å². The van der Waals surface area contributed by atoms with E-state index in [4.69, 9.17) is 18.5 Å². The molecule has 0 saturated heterocycles. The molecule has 0 amide bonds. The Morgan fingerprint density at radius 1 is 1.07 bits per heavy atom. The minimum Gasteiger partial charge on any atom is -0.373 e.